The van der Waals surface area contributed by atoms with Crippen LogP contribution in [0.5, 0.6) is 0 Å². The molecule has 0 aliphatic carbocycles. The largest absolute Gasteiger partial charge is 0.398 e. The Morgan fingerprint density at radius 2 is 2.00 bits per heavy atom. The van der Waals surface area contributed by atoms with Crippen LogP contribution >= 0.6 is 15.9 Å². The molecule has 0 saturated carbocycles. The quantitative estimate of drug-likeness (QED) is 0.715. The Morgan fingerprint density at radius 1 is 1.33 bits per heavy atom. The number of halogens is 1. The van der Waals surface area contributed by atoms with E-state index in [1.807, 2.05) is 6.07 Å². The Hall–Kier alpha value is -1.21. The SMILES string of the molecule is N#CCc1cc(N)c(Br)cc1N. The molecule has 3 nitrogen and oxygen atoms in total. The Balaban J connectivity index is 3.16. The number of nitrogens with two attached hydrogens (primary N) is 2. The van der Waals surface area contributed by atoms with Crippen molar-refractivity contribution in [2.24, 2.45) is 0 Å². The minimum atomic E-state index is 0.295. The van der Waals surface area contributed by atoms with E-state index < -0.39 is 0 Å². The summed E-state index contributed by atoms with van der Waals surface area (Å²) in [6.07, 6.45) is 0.295. The molecule has 0 aliphatic heterocycles. The Labute approximate surface area is 79.1 Å². The molecule has 0 amide bonds. The van der Waals surface area contributed by atoms with Crippen LogP contribution in [0.2, 0.25) is 0 Å². The molecule has 1 aromatic rings. The van der Waals surface area contributed by atoms with E-state index in [4.69, 9.17) is 16.7 Å². The summed E-state index contributed by atoms with van der Waals surface area (Å²) in [4.78, 5) is 0. The molecule has 0 radical (unpaired) electrons. The van der Waals surface area contributed by atoms with Gasteiger partial charge >= 0.3 is 0 Å². The summed E-state index contributed by atoms with van der Waals surface area (Å²) in [6, 6.07) is 5.44. The van der Waals surface area contributed by atoms with Crippen molar-refractivity contribution >= 4 is 27.3 Å². The van der Waals surface area contributed by atoms with Gasteiger partial charge in [-0.2, -0.15) is 5.26 Å². The molecule has 0 atom stereocenters. The first kappa shape index (κ1) is 8.88. The number of benzene rings is 1. The minimum Gasteiger partial charge on any atom is -0.398 e. The zero-order valence-electron chi connectivity index (χ0n) is 6.34. The fourth-order valence-electron chi connectivity index (χ4n) is 0.891. The summed E-state index contributed by atoms with van der Waals surface area (Å²) in [7, 11) is 0. The smallest absolute Gasteiger partial charge is 0.0670 e. The normalized spacial score (nSPS) is 9.33. The number of nitriles is 1. The van der Waals surface area contributed by atoms with Crippen LogP contribution < -0.4 is 11.5 Å². The predicted octanol–water partition coefficient (Wildman–Crippen LogP) is 1.68. The monoisotopic (exact) mass is 225 g/mol. The third kappa shape index (κ3) is 1.69. The van der Waals surface area contributed by atoms with Crippen LogP contribution in [0.25, 0.3) is 0 Å². The van der Waals surface area contributed by atoms with Crippen molar-refractivity contribution in [1.29, 1.82) is 5.26 Å². The molecule has 0 bridgehead atoms. The van der Waals surface area contributed by atoms with Gasteiger partial charge in [0.2, 0.25) is 0 Å². The molecule has 0 fully saturated rings. The van der Waals surface area contributed by atoms with Crippen LogP contribution in [0, 0.1) is 11.3 Å². The summed E-state index contributed by atoms with van der Waals surface area (Å²) >= 11 is 3.24. The van der Waals surface area contributed by atoms with Crippen molar-refractivity contribution in [2.75, 3.05) is 11.5 Å². The van der Waals surface area contributed by atoms with Gasteiger partial charge in [0.25, 0.3) is 0 Å². The average Bonchev–Trinajstić information content (AvgIpc) is 2.01. The first-order valence-corrected chi connectivity index (χ1v) is 4.14. The highest BCUT2D eigenvalue weighted by Crippen LogP contribution is 2.25. The number of nitrogens with zero attached hydrogens (tertiary/aromatic N) is 1. The molecule has 0 saturated heterocycles. The van der Waals surface area contributed by atoms with Gasteiger partial charge in [-0.15, -0.1) is 0 Å². The van der Waals surface area contributed by atoms with Crippen molar-refractivity contribution < 1.29 is 0 Å². The number of nitrogen functional groups attached to an aromatic ring is 2. The van der Waals surface area contributed by atoms with Crippen molar-refractivity contribution in [3.05, 3.63) is 22.2 Å². The molecule has 1 aromatic carbocycles. The molecule has 12 heavy (non-hydrogen) atoms. The first-order chi connectivity index (χ1) is 5.65. The highest BCUT2D eigenvalue weighted by Gasteiger charge is 2.02. The van der Waals surface area contributed by atoms with Gasteiger partial charge < -0.3 is 11.5 Å². The van der Waals surface area contributed by atoms with Crippen LogP contribution in [-0.4, -0.2) is 0 Å². The average molecular weight is 226 g/mol. The van der Waals surface area contributed by atoms with E-state index in [0.717, 1.165) is 10.0 Å². The van der Waals surface area contributed by atoms with Crippen LogP contribution in [0.4, 0.5) is 11.4 Å². The lowest BCUT2D eigenvalue weighted by Gasteiger charge is -2.04. The maximum Gasteiger partial charge on any atom is 0.0670 e. The summed E-state index contributed by atoms with van der Waals surface area (Å²) in [5.74, 6) is 0. The number of hydrogen-bond acceptors (Lipinski definition) is 3. The molecule has 0 heterocycles. The maximum atomic E-state index is 8.45. The topological polar surface area (TPSA) is 75.8 Å². The molecule has 4 heteroatoms. The minimum absolute atomic E-state index is 0.295. The molecule has 0 spiro atoms. The van der Waals surface area contributed by atoms with Crippen LogP contribution in [0.3, 0.4) is 0 Å². The van der Waals surface area contributed by atoms with Gasteiger partial charge in [-0.25, -0.2) is 0 Å². The van der Waals surface area contributed by atoms with E-state index in [2.05, 4.69) is 15.9 Å². The fraction of sp³-hybridized carbons (Fsp3) is 0.125. The molecule has 0 unspecified atom stereocenters. The summed E-state index contributed by atoms with van der Waals surface area (Å²) in [6.45, 7) is 0. The molecule has 62 valence electrons. The standard InChI is InChI=1S/C8H8BrN3/c9-6-4-7(11)5(1-2-10)3-8(6)12/h3-4H,1,11-12H2. The lowest BCUT2D eigenvalue weighted by molar-refractivity contribution is 1.26. The Morgan fingerprint density at radius 3 is 2.58 bits per heavy atom. The molecule has 4 N–H and O–H groups in total. The van der Waals surface area contributed by atoms with Gasteiger partial charge in [-0.05, 0) is 33.6 Å². The Kier molecular flexibility index (Phi) is 2.56. The summed E-state index contributed by atoms with van der Waals surface area (Å²) < 4.78 is 0.765. The zero-order chi connectivity index (χ0) is 9.14. The van der Waals surface area contributed by atoms with Crippen molar-refractivity contribution in [1.82, 2.24) is 0 Å². The predicted molar refractivity (Wildman–Crippen MR) is 52.3 cm³/mol. The maximum absolute atomic E-state index is 8.45. The van der Waals surface area contributed by atoms with Gasteiger partial charge in [0.15, 0.2) is 0 Å². The van der Waals surface area contributed by atoms with E-state index in [1.54, 1.807) is 12.1 Å². The second-order valence-electron chi connectivity index (χ2n) is 2.41. The van der Waals surface area contributed by atoms with Gasteiger partial charge in [0.05, 0.1) is 12.5 Å². The third-order valence-corrected chi connectivity index (χ3v) is 2.21. The lowest BCUT2D eigenvalue weighted by atomic mass is 10.1. The second kappa shape index (κ2) is 3.46. The fourth-order valence-corrected chi connectivity index (χ4v) is 1.25. The molecular weight excluding hydrogens is 218 g/mol. The van der Waals surface area contributed by atoms with E-state index in [-0.39, 0.29) is 0 Å². The Bertz CT molecular complexity index is 341. The van der Waals surface area contributed by atoms with Crippen molar-refractivity contribution in [3.8, 4) is 6.07 Å². The molecule has 0 aliphatic rings. The number of hydrogen-bond donors (Lipinski definition) is 2. The van der Waals surface area contributed by atoms with Crippen molar-refractivity contribution in [2.45, 2.75) is 6.42 Å². The molecule has 1 rings (SSSR count). The van der Waals surface area contributed by atoms with Crippen LogP contribution in [0.1, 0.15) is 5.56 Å². The number of anilines is 2. The molecule has 0 aromatic heterocycles. The highest BCUT2D eigenvalue weighted by molar-refractivity contribution is 9.10. The van der Waals surface area contributed by atoms with Gasteiger partial charge in [0, 0.05) is 15.8 Å². The van der Waals surface area contributed by atoms with Crippen LogP contribution in [0.15, 0.2) is 16.6 Å². The second-order valence-corrected chi connectivity index (χ2v) is 3.26. The van der Waals surface area contributed by atoms with E-state index in [0.29, 0.717) is 17.8 Å². The van der Waals surface area contributed by atoms with E-state index in [1.165, 1.54) is 0 Å². The first-order valence-electron chi connectivity index (χ1n) is 3.35. The summed E-state index contributed by atoms with van der Waals surface area (Å²) in [5.41, 5.74) is 13.2. The zero-order valence-corrected chi connectivity index (χ0v) is 7.93. The van der Waals surface area contributed by atoms with Gasteiger partial charge in [-0.3, -0.25) is 0 Å². The van der Waals surface area contributed by atoms with Gasteiger partial charge in [0.1, 0.15) is 0 Å². The van der Waals surface area contributed by atoms with Crippen molar-refractivity contribution in [3.63, 3.8) is 0 Å². The van der Waals surface area contributed by atoms with E-state index >= 15 is 0 Å². The van der Waals surface area contributed by atoms with Crippen LogP contribution in [-0.2, 0) is 6.42 Å². The lowest BCUT2D eigenvalue weighted by Crippen LogP contribution is -1.96. The number of rotatable bonds is 1. The third-order valence-electron chi connectivity index (χ3n) is 1.53. The van der Waals surface area contributed by atoms with E-state index in [9.17, 15) is 0 Å². The summed E-state index contributed by atoms with van der Waals surface area (Å²) in [5, 5.41) is 8.45. The highest BCUT2D eigenvalue weighted by atomic mass is 79.9. The van der Waals surface area contributed by atoms with Gasteiger partial charge in [-0.1, -0.05) is 0 Å². The molecular formula is C8H8BrN3.